The molecule has 2 amide bonds. The van der Waals surface area contributed by atoms with Crippen molar-refractivity contribution in [3.63, 3.8) is 0 Å². The summed E-state index contributed by atoms with van der Waals surface area (Å²) in [5, 5.41) is 5.42. The van der Waals surface area contributed by atoms with Crippen LogP contribution in [-0.4, -0.2) is 57.3 Å². The van der Waals surface area contributed by atoms with E-state index in [2.05, 4.69) is 15.6 Å². The minimum atomic E-state index is -3.19. The van der Waals surface area contributed by atoms with Crippen LogP contribution in [0.25, 0.3) is 0 Å². The number of pyridine rings is 1. The highest BCUT2D eigenvalue weighted by atomic mass is 32.2. The molecule has 1 fully saturated rings. The van der Waals surface area contributed by atoms with Crippen LogP contribution >= 0.6 is 0 Å². The Morgan fingerprint density at radius 2 is 2.13 bits per heavy atom. The van der Waals surface area contributed by atoms with Crippen LogP contribution in [0.15, 0.2) is 18.5 Å². The van der Waals surface area contributed by atoms with Crippen LogP contribution in [0, 0.1) is 0 Å². The third-order valence-corrected chi connectivity index (χ3v) is 5.47. The van der Waals surface area contributed by atoms with Gasteiger partial charge in [0.2, 0.25) is 0 Å². The average molecular weight is 343 g/mol. The number of hydrogen-bond donors (Lipinski definition) is 2. The number of ether oxygens (including phenoxy) is 2. The first-order valence-corrected chi connectivity index (χ1v) is 8.96. The SMILES string of the molecule is COc1cnccc1C(C)NC(=O)NC1CS(=O)(=O)CC1OC. The van der Waals surface area contributed by atoms with Crippen molar-refractivity contribution in [2.45, 2.75) is 25.1 Å². The van der Waals surface area contributed by atoms with Gasteiger partial charge in [0.05, 0.1) is 43.0 Å². The number of carbonyl (C=O) groups is 1. The van der Waals surface area contributed by atoms with E-state index in [-0.39, 0.29) is 17.5 Å². The van der Waals surface area contributed by atoms with Crippen LogP contribution in [0.4, 0.5) is 4.79 Å². The Morgan fingerprint density at radius 3 is 2.78 bits per heavy atom. The normalized spacial score (nSPS) is 24.0. The highest BCUT2D eigenvalue weighted by Gasteiger charge is 2.38. The Bertz CT molecular complexity index is 664. The maximum Gasteiger partial charge on any atom is 0.315 e. The van der Waals surface area contributed by atoms with Crippen molar-refractivity contribution in [2.24, 2.45) is 0 Å². The van der Waals surface area contributed by atoms with Gasteiger partial charge in [-0.25, -0.2) is 13.2 Å². The van der Waals surface area contributed by atoms with Crippen LogP contribution < -0.4 is 15.4 Å². The lowest BCUT2D eigenvalue weighted by Crippen LogP contribution is -2.48. The smallest absolute Gasteiger partial charge is 0.315 e. The number of hydrogen-bond acceptors (Lipinski definition) is 6. The number of amides is 2. The molecule has 0 aliphatic carbocycles. The lowest BCUT2D eigenvalue weighted by atomic mass is 10.1. The Labute approximate surface area is 135 Å². The molecule has 0 spiro atoms. The van der Waals surface area contributed by atoms with E-state index in [9.17, 15) is 13.2 Å². The molecule has 3 unspecified atom stereocenters. The molecule has 0 bridgehead atoms. The highest BCUT2D eigenvalue weighted by molar-refractivity contribution is 7.91. The number of nitrogens with one attached hydrogen (secondary N) is 2. The van der Waals surface area contributed by atoms with Gasteiger partial charge in [-0.05, 0) is 13.0 Å². The first-order chi connectivity index (χ1) is 10.9. The zero-order valence-electron chi connectivity index (χ0n) is 13.3. The van der Waals surface area contributed by atoms with E-state index >= 15 is 0 Å². The molecule has 1 aliphatic rings. The molecule has 0 radical (unpaired) electrons. The maximum atomic E-state index is 12.1. The summed E-state index contributed by atoms with van der Waals surface area (Å²) in [6.07, 6.45) is 2.64. The molecular weight excluding hydrogens is 322 g/mol. The van der Waals surface area contributed by atoms with Crippen LogP contribution in [0.3, 0.4) is 0 Å². The molecule has 128 valence electrons. The van der Waals surface area contributed by atoms with Gasteiger partial charge in [-0.2, -0.15) is 0 Å². The molecule has 2 N–H and O–H groups in total. The van der Waals surface area contributed by atoms with Gasteiger partial charge in [0.1, 0.15) is 5.75 Å². The zero-order chi connectivity index (χ0) is 17.0. The standard InChI is InChI=1S/C14H21N3O5S/c1-9(10-4-5-15-6-12(10)21-2)16-14(18)17-11-7-23(19,20)8-13(11)22-3/h4-6,9,11,13H,7-8H2,1-3H3,(H2,16,17,18). The second kappa shape index (κ2) is 7.14. The fraction of sp³-hybridized carbons (Fsp3) is 0.571. The fourth-order valence-corrected chi connectivity index (χ4v) is 4.44. The van der Waals surface area contributed by atoms with Gasteiger partial charge < -0.3 is 20.1 Å². The molecule has 0 saturated carbocycles. The predicted molar refractivity (Wildman–Crippen MR) is 84.1 cm³/mol. The van der Waals surface area contributed by atoms with Gasteiger partial charge in [-0.1, -0.05) is 0 Å². The van der Waals surface area contributed by atoms with E-state index in [4.69, 9.17) is 9.47 Å². The number of urea groups is 1. The number of rotatable bonds is 5. The summed E-state index contributed by atoms with van der Waals surface area (Å²) in [4.78, 5) is 16.1. The molecular formula is C14H21N3O5S. The average Bonchev–Trinajstić information content (AvgIpc) is 2.80. The molecule has 0 aromatic carbocycles. The summed E-state index contributed by atoms with van der Waals surface area (Å²) in [7, 11) is -0.229. The second-order valence-corrected chi connectivity index (χ2v) is 7.57. The Kier molecular flexibility index (Phi) is 5.42. The van der Waals surface area contributed by atoms with E-state index < -0.39 is 28.0 Å². The second-order valence-electron chi connectivity index (χ2n) is 5.41. The lowest BCUT2D eigenvalue weighted by molar-refractivity contribution is 0.101. The summed E-state index contributed by atoms with van der Waals surface area (Å²) in [6, 6.07) is 0.408. The predicted octanol–water partition coefficient (Wildman–Crippen LogP) is 0.262. The lowest BCUT2D eigenvalue weighted by Gasteiger charge is -2.21. The summed E-state index contributed by atoms with van der Waals surface area (Å²) in [6.45, 7) is 1.80. The topological polar surface area (TPSA) is 107 Å². The summed E-state index contributed by atoms with van der Waals surface area (Å²) >= 11 is 0. The largest absolute Gasteiger partial charge is 0.495 e. The quantitative estimate of drug-likeness (QED) is 0.794. The first kappa shape index (κ1) is 17.5. The fourth-order valence-electron chi connectivity index (χ4n) is 2.59. The molecule has 1 aliphatic heterocycles. The third-order valence-electron chi connectivity index (χ3n) is 3.77. The van der Waals surface area contributed by atoms with E-state index in [1.165, 1.54) is 14.2 Å². The monoisotopic (exact) mass is 343 g/mol. The molecule has 2 rings (SSSR count). The Hall–Kier alpha value is -1.87. The van der Waals surface area contributed by atoms with Gasteiger partial charge in [0.15, 0.2) is 9.84 Å². The van der Waals surface area contributed by atoms with Crippen LogP contribution in [0.1, 0.15) is 18.5 Å². The Morgan fingerprint density at radius 1 is 1.39 bits per heavy atom. The maximum absolute atomic E-state index is 12.1. The van der Waals surface area contributed by atoms with Gasteiger partial charge in [0.25, 0.3) is 0 Å². The van der Waals surface area contributed by atoms with Gasteiger partial charge in [0, 0.05) is 18.9 Å². The van der Waals surface area contributed by atoms with Crippen molar-refractivity contribution < 1.29 is 22.7 Å². The summed E-state index contributed by atoms with van der Waals surface area (Å²) in [5.74, 6) is 0.368. The van der Waals surface area contributed by atoms with Crippen molar-refractivity contribution in [1.82, 2.24) is 15.6 Å². The third kappa shape index (κ3) is 4.32. The molecule has 2 heterocycles. The minimum absolute atomic E-state index is 0.0812. The van der Waals surface area contributed by atoms with Crippen molar-refractivity contribution in [1.29, 1.82) is 0 Å². The van der Waals surface area contributed by atoms with Gasteiger partial charge >= 0.3 is 6.03 Å². The number of nitrogens with zero attached hydrogens (tertiary/aromatic N) is 1. The van der Waals surface area contributed by atoms with Crippen molar-refractivity contribution >= 4 is 15.9 Å². The van der Waals surface area contributed by atoms with Crippen molar-refractivity contribution in [2.75, 3.05) is 25.7 Å². The van der Waals surface area contributed by atoms with E-state index in [0.717, 1.165) is 5.56 Å². The van der Waals surface area contributed by atoms with Crippen LogP contribution in [0.2, 0.25) is 0 Å². The molecule has 1 aromatic rings. The summed E-state index contributed by atoms with van der Waals surface area (Å²) in [5.41, 5.74) is 0.778. The zero-order valence-corrected chi connectivity index (χ0v) is 14.1. The highest BCUT2D eigenvalue weighted by Crippen LogP contribution is 2.23. The number of sulfone groups is 1. The van der Waals surface area contributed by atoms with Gasteiger partial charge in [-0.3, -0.25) is 4.98 Å². The molecule has 9 heteroatoms. The van der Waals surface area contributed by atoms with E-state index in [1.54, 1.807) is 25.4 Å². The van der Waals surface area contributed by atoms with Crippen molar-refractivity contribution in [3.8, 4) is 5.75 Å². The van der Waals surface area contributed by atoms with Crippen LogP contribution in [-0.2, 0) is 14.6 Å². The van der Waals surface area contributed by atoms with Crippen molar-refractivity contribution in [3.05, 3.63) is 24.0 Å². The molecule has 1 saturated heterocycles. The molecule has 23 heavy (non-hydrogen) atoms. The van der Waals surface area contributed by atoms with Gasteiger partial charge in [-0.15, -0.1) is 0 Å². The first-order valence-electron chi connectivity index (χ1n) is 7.14. The van der Waals surface area contributed by atoms with E-state index in [0.29, 0.717) is 5.75 Å². The van der Waals surface area contributed by atoms with Crippen LogP contribution in [0.5, 0.6) is 5.75 Å². The molecule has 8 nitrogen and oxygen atoms in total. The number of methoxy groups -OCH3 is 2. The molecule has 1 aromatic heterocycles. The number of aromatic nitrogens is 1. The summed E-state index contributed by atoms with van der Waals surface area (Å²) < 4.78 is 33.6. The Balaban J connectivity index is 1.99. The van der Waals surface area contributed by atoms with E-state index in [1.807, 2.05) is 0 Å². The number of carbonyl (C=O) groups excluding carboxylic acids is 1. The molecule has 3 atom stereocenters. The minimum Gasteiger partial charge on any atom is -0.495 e.